The first-order chi connectivity index (χ1) is 10.3. The van der Waals surface area contributed by atoms with Gasteiger partial charge in [0.15, 0.2) is 34.8 Å². The van der Waals surface area contributed by atoms with Crippen LogP contribution in [0.2, 0.25) is 0 Å². The molecule has 0 heterocycles. The summed E-state index contributed by atoms with van der Waals surface area (Å²) >= 11 is 0. The maximum Gasteiger partial charge on any atom is 0.200 e. The van der Waals surface area contributed by atoms with Gasteiger partial charge in [-0.2, -0.15) is 5.10 Å². The van der Waals surface area contributed by atoms with Crippen molar-refractivity contribution in [3.63, 3.8) is 0 Å². The minimum absolute atomic E-state index is 0.0450. The van der Waals surface area contributed by atoms with Gasteiger partial charge >= 0.3 is 0 Å². The van der Waals surface area contributed by atoms with Crippen LogP contribution in [0.3, 0.4) is 0 Å². The van der Waals surface area contributed by atoms with Crippen molar-refractivity contribution in [3.05, 3.63) is 52.8 Å². The van der Waals surface area contributed by atoms with Gasteiger partial charge in [0.25, 0.3) is 0 Å². The third kappa shape index (κ3) is 2.65. The highest BCUT2D eigenvalue weighted by molar-refractivity contribution is 5.85. The molecule has 2 aromatic carbocycles. The van der Waals surface area contributed by atoms with Gasteiger partial charge in [-0.05, 0) is 12.1 Å². The number of anilines is 1. The predicted molar refractivity (Wildman–Crippen MR) is 67.2 cm³/mol. The lowest BCUT2D eigenvalue weighted by Crippen LogP contribution is -2.06. The number of hydrogen-bond donors (Lipinski definition) is 3. The molecular weight excluding hydrogens is 311 g/mol. The summed E-state index contributed by atoms with van der Waals surface area (Å²) in [6.45, 7) is 0. The first-order valence-electron chi connectivity index (χ1n) is 5.66. The highest BCUT2D eigenvalue weighted by Gasteiger charge is 2.25. The Morgan fingerprint density at radius 1 is 0.864 bits per heavy atom. The van der Waals surface area contributed by atoms with Crippen LogP contribution in [0.25, 0.3) is 0 Å². The SMILES string of the molecule is Oc1cccc(C=NNc2c(F)c(F)c(F)c(F)c2F)c1O. The van der Waals surface area contributed by atoms with Crippen molar-refractivity contribution in [2.24, 2.45) is 5.10 Å². The van der Waals surface area contributed by atoms with E-state index in [0.29, 0.717) is 0 Å². The average molecular weight is 318 g/mol. The minimum Gasteiger partial charge on any atom is -0.504 e. The number of phenols is 2. The lowest BCUT2D eigenvalue weighted by Gasteiger charge is -2.07. The van der Waals surface area contributed by atoms with Crippen LogP contribution in [0.4, 0.5) is 27.6 Å². The third-order valence-electron chi connectivity index (χ3n) is 2.64. The lowest BCUT2D eigenvalue weighted by atomic mass is 10.2. The Morgan fingerprint density at radius 3 is 2.00 bits per heavy atom. The first-order valence-corrected chi connectivity index (χ1v) is 5.66. The summed E-state index contributed by atoms with van der Waals surface area (Å²) in [7, 11) is 0. The summed E-state index contributed by atoms with van der Waals surface area (Å²) in [4.78, 5) is 0. The Labute approximate surface area is 120 Å². The van der Waals surface area contributed by atoms with Gasteiger partial charge in [0.05, 0.1) is 6.21 Å². The molecule has 0 radical (unpaired) electrons. The van der Waals surface area contributed by atoms with E-state index in [-0.39, 0.29) is 5.56 Å². The van der Waals surface area contributed by atoms with E-state index in [2.05, 4.69) is 5.10 Å². The highest BCUT2D eigenvalue weighted by Crippen LogP contribution is 2.28. The van der Waals surface area contributed by atoms with Crippen LogP contribution in [-0.4, -0.2) is 16.4 Å². The molecule has 2 rings (SSSR count). The number of nitrogens with zero attached hydrogens (tertiary/aromatic N) is 1. The fourth-order valence-corrected chi connectivity index (χ4v) is 1.52. The molecular formula is C13H7F5N2O2. The van der Waals surface area contributed by atoms with Crippen LogP contribution in [0.15, 0.2) is 23.3 Å². The zero-order valence-electron chi connectivity index (χ0n) is 10.5. The molecule has 0 unspecified atom stereocenters. The van der Waals surface area contributed by atoms with E-state index in [9.17, 15) is 32.2 Å². The molecule has 2 aromatic rings. The fourth-order valence-electron chi connectivity index (χ4n) is 1.52. The molecule has 0 aliphatic rings. The van der Waals surface area contributed by atoms with E-state index in [1.807, 2.05) is 0 Å². The number of hydrogen-bond acceptors (Lipinski definition) is 4. The van der Waals surface area contributed by atoms with Crippen molar-refractivity contribution in [2.75, 3.05) is 5.43 Å². The molecule has 3 N–H and O–H groups in total. The van der Waals surface area contributed by atoms with Crippen LogP contribution in [0, 0.1) is 29.1 Å². The van der Waals surface area contributed by atoms with Crippen molar-refractivity contribution in [1.82, 2.24) is 0 Å². The van der Waals surface area contributed by atoms with Gasteiger partial charge in [0.1, 0.15) is 5.69 Å². The normalized spacial score (nSPS) is 11.1. The van der Waals surface area contributed by atoms with Crippen LogP contribution < -0.4 is 5.43 Å². The van der Waals surface area contributed by atoms with Crippen LogP contribution in [0.5, 0.6) is 11.5 Å². The second kappa shape index (κ2) is 5.88. The molecule has 0 saturated carbocycles. The maximum atomic E-state index is 13.3. The molecule has 0 spiro atoms. The first kappa shape index (κ1) is 15.5. The number of hydrazone groups is 1. The topological polar surface area (TPSA) is 64.9 Å². The minimum atomic E-state index is -2.28. The zero-order valence-corrected chi connectivity index (χ0v) is 10.5. The standard InChI is InChI=1S/C13H7F5N2O2/c14-7-8(15)10(17)12(11(18)9(7)16)20-19-4-5-2-1-3-6(21)13(5)22/h1-4,20-22H. The van der Waals surface area contributed by atoms with E-state index < -0.39 is 46.3 Å². The molecule has 0 aliphatic heterocycles. The summed E-state index contributed by atoms with van der Waals surface area (Å²) in [5.41, 5.74) is 0.280. The van der Waals surface area contributed by atoms with Gasteiger partial charge < -0.3 is 10.2 Å². The molecule has 0 saturated heterocycles. The molecule has 0 aromatic heterocycles. The number of phenolic OH excluding ortho intramolecular Hbond substituents is 2. The molecule has 0 aliphatic carbocycles. The Balaban J connectivity index is 2.33. The second-order valence-corrected chi connectivity index (χ2v) is 4.03. The van der Waals surface area contributed by atoms with Crippen LogP contribution in [-0.2, 0) is 0 Å². The quantitative estimate of drug-likeness (QED) is 0.203. The van der Waals surface area contributed by atoms with E-state index in [4.69, 9.17) is 0 Å². The van der Waals surface area contributed by atoms with Crippen molar-refractivity contribution in [3.8, 4) is 11.5 Å². The Hall–Kier alpha value is -2.84. The predicted octanol–water partition coefficient (Wildman–Crippen LogP) is 3.24. The van der Waals surface area contributed by atoms with E-state index >= 15 is 0 Å². The van der Waals surface area contributed by atoms with Crippen LogP contribution in [0.1, 0.15) is 5.56 Å². The van der Waals surface area contributed by atoms with Crippen LogP contribution >= 0.6 is 0 Å². The number of nitrogens with one attached hydrogen (secondary N) is 1. The zero-order chi connectivity index (χ0) is 16.4. The molecule has 9 heteroatoms. The summed E-state index contributed by atoms with van der Waals surface area (Å²) in [5.74, 6) is -11.7. The molecule has 0 fully saturated rings. The Kier molecular flexibility index (Phi) is 4.15. The fraction of sp³-hybridized carbons (Fsp3) is 0. The van der Waals surface area contributed by atoms with Gasteiger partial charge in [-0.25, -0.2) is 22.0 Å². The van der Waals surface area contributed by atoms with Gasteiger partial charge in [-0.1, -0.05) is 6.07 Å². The summed E-state index contributed by atoms with van der Waals surface area (Å²) in [6, 6.07) is 3.80. The highest BCUT2D eigenvalue weighted by atomic mass is 19.2. The van der Waals surface area contributed by atoms with Crippen molar-refractivity contribution < 1.29 is 32.2 Å². The Bertz CT molecular complexity index is 736. The van der Waals surface area contributed by atoms with Crippen molar-refractivity contribution >= 4 is 11.9 Å². The number of rotatable bonds is 3. The second-order valence-electron chi connectivity index (χ2n) is 4.03. The summed E-state index contributed by atoms with van der Waals surface area (Å²) in [5, 5.41) is 21.9. The molecule has 0 bridgehead atoms. The van der Waals surface area contributed by atoms with Gasteiger partial charge in [0, 0.05) is 5.56 Å². The average Bonchev–Trinajstić information content (AvgIpc) is 2.50. The number of benzene rings is 2. The molecule has 4 nitrogen and oxygen atoms in total. The van der Waals surface area contributed by atoms with E-state index in [1.165, 1.54) is 18.2 Å². The van der Waals surface area contributed by atoms with Gasteiger partial charge in [-0.15, -0.1) is 0 Å². The maximum absolute atomic E-state index is 13.3. The largest absolute Gasteiger partial charge is 0.504 e. The smallest absolute Gasteiger partial charge is 0.200 e. The van der Waals surface area contributed by atoms with Crippen molar-refractivity contribution in [2.45, 2.75) is 0 Å². The van der Waals surface area contributed by atoms with E-state index in [0.717, 1.165) is 6.21 Å². The molecule has 0 amide bonds. The number of aromatic hydroxyl groups is 2. The number of halogens is 5. The lowest BCUT2D eigenvalue weighted by molar-refractivity contribution is 0.381. The van der Waals surface area contributed by atoms with Gasteiger partial charge in [-0.3, -0.25) is 5.43 Å². The summed E-state index contributed by atoms with van der Waals surface area (Å²) < 4.78 is 65.4. The molecule has 0 atom stereocenters. The van der Waals surface area contributed by atoms with Crippen molar-refractivity contribution in [1.29, 1.82) is 0 Å². The molecule has 22 heavy (non-hydrogen) atoms. The third-order valence-corrected chi connectivity index (χ3v) is 2.64. The monoisotopic (exact) mass is 318 g/mol. The number of para-hydroxylation sites is 1. The molecule has 116 valence electrons. The van der Waals surface area contributed by atoms with Gasteiger partial charge in [0.2, 0.25) is 5.82 Å². The summed E-state index contributed by atoms with van der Waals surface area (Å²) in [6.07, 6.45) is 0.826. The Morgan fingerprint density at radius 2 is 1.41 bits per heavy atom. The van der Waals surface area contributed by atoms with E-state index in [1.54, 1.807) is 5.43 Å².